The topological polar surface area (TPSA) is 121 Å². The van der Waals surface area contributed by atoms with Crippen LogP contribution in [-0.4, -0.2) is 32.9 Å². The summed E-state index contributed by atoms with van der Waals surface area (Å²) in [7, 11) is 0. The van der Waals surface area contributed by atoms with Gasteiger partial charge in [-0.25, -0.2) is 19.2 Å². The molecule has 2 amide bonds. The highest BCUT2D eigenvalue weighted by molar-refractivity contribution is 5.95. The molecule has 0 aliphatic heterocycles. The fraction of sp³-hybridized carbons (Fsp3) is 0.208. The first-order chi connectivity index (χ1) is 15.8. The summed E-state index contributed by atoms with van der Waals surface area (Å²) >= 11 is 0. The van der Waals surface area contributed by atoms with E-state index in [-0.39, 0.29) is 41.3 Å². The third-order valence-electron chi connectivity index (χ3n) is 5.53. The zero-order valence-electron chi connectivity index (χ0n) is 17.8. The lowest BCUT2D eigenvalue weighted by molar-refractivity contribution is -0.115. The van der Waals surface area contributed by atoms with Crippen LogP contribution in [0.4, 0.5) is 10.2 Å². The number of halogens is 1. The Labute approximate surface area is 188 Å². The summed E-state index contributed by atoms with van der Waals surface area (Å²) < 4.78 is 13.4. The summed E-state index contributed by atoms with van der Waals surface area (Å²) in [5, 5.41) is 14.7. The number of carboxylic acid groups (broad SMARTS) is 1. The molecule has 33 heavy (non-hydrogen) atoms. The molecule has 0 saturated carbocycles. The number of carbonyl (C=O) groups excluding carboxylic acids is 2. The van der Waals surface area contributed by atoms with Crippen LogP contribution in [0.15, 0.2) is 48.8 Å². The molecule has 168 valence electrons. The number of nitrogens with one attached hydrogen (secondary N) is 2. The van der Waals surface area contributed by atoms with Crippen LogP contribution in [0.5, 0.6) is 0 Å². The third kappa shape index (κ3) is 5.03. The first-order valence-electron chi connectivity index (χ1n) is 10.3. The number of hydrogen-bond acceptors (Lipinski definition) is 5. The minimum Gasteiger partial charge on any atom is -0.478 e. The van der Waals surface area contributed by atoms with Crippen molar-refractivity contribution in [2.45, 2.75) is 32.2 Å². The first-order valence-corrected chi connectivity index (χ1v) is 10.3. The lowest BCUT2D eigenvalue weighted by atomic mass is 10.0. The van der Waals surface area contributed by atoms with Gasteiger partial charge in [0.15, 0.2) is 0 Å². The van der Waals surface area contributed by atoms with Crippen molar-refractivity contribution < 1.29 is 23.9 Å². The zero-order valence-corrected chi connectivity index (χ0v) is 17.8. The predicted octanol–water partition coefficient (Wildman–Crippen LogP) is 3.22. The van der Waals surface area contributed by atoms with E-state index in [4.69, 9.17) is 5.11 Å². The van der Waals surface area contributed by atoms with Crippen molar-refractivity contribution in [3.8, 4) is 0 Å². The number of aryl methyl sites for hydroxylation is 2. The average Bonchev–Trinajstić information content (AvgIpc) is 3.18. The monoisotopic (exact) mass is 448 g/mol. The number of aromatic carboxylic acids is 1. The maximum absolute atomic E-state index is 13.4. The molecule has 0 radical (unpaired) electrons. The van der Waals surface area contributed by atoms with Crippen LogP contribution < -0.4 is 10.6 Å². The van der Waals surface area contributed by atoms with Gasteiger partial charge < -0.3 is 15.7 Å². The van der Waals surface area contributed by atoms with Crippen LogP contribution in [-0.2, 0) is 17.6 Å². The molecule has 0 spiro atoms. The van der Waals surface area contributed by atoms with E-state index in [1.54, 1.807) is 31.2 Å². The van der Waals surface area contributed by atoms with Crippen molar-refractivity contribution in [3.05, 3.63) is 88.1 Å². The second kappa shape index (κ2) is 9.15. The first kappa shape index (κ1) is 22.1. The standard InChI is InChI=1S/C24H21FN4O4/c1-13-8-14(2-6-18(13)25)9-22(30)29-21-11-20(26-12-27-21)23(31)28-19-7-4-15-10-16(24(32)33)3-5-17(15)19/h2-3,5-6,8,10-12,19H,4,7,9H2,1H3,(H,28,31)(H,32,33)(H,26,27,29,30)/t19-/m0/s1. The molecule has 1 heterocycles. The summed E-state index contributed by atoms with van der Waals surface area (Å²) in [4.78, 5) is 44.2. The fourth-order valence-electron chi connectivity index (χ4n) is 3.87. The highest BCUT2D eigenvalue weighted by atomic mass is 19.1. The molecule has 9 heteroatoms. The summed E-state index contributed by atoms with van der Waals surface area (Å²) in [6.07, 6.45) is 2.53. The maximum Gasteiger partial charge on any atom is 0.335 e. The number of anilines is 1. The normalized spacial score (nSPS) is 14.4. The highest BCUT2D eigenvalue weighted by Gasteiger charge is 2.26. The highest BCUT2D eigenvalue weighted by Crippen LogP contribution is 2.32. The molecular weight excluding hydrogens is 427 g/mol. The molecule has 4 rings (SSSR count). The molecule has 1 atom stereocenters. The van der Waals surface area contributed by atoms with Crippen LogP contribution in [0.2, 0.25) is 0 Å². The average molecular weight is 448 g/mol. The molecule has 1 aliphatic carbocycles. The summed E-state index contributed by atoms with van der Waals surface area (Å²) in [6, 6.07) is 10.5. The largest absolute Gasteiger partial charge is 0.478 e. The van der Waals surface area contributed by atoms with Gasteiger partial charge in [-0.1, -0.05) is 18.2 Å². The quantitative estimate of drug-likeness (QED) is 0.532. The minimum absolute atomic E-state index is 0.0316. The Morgan fingerprint density at radius 2 is 1.94 bits per heavy atom. The fourth-order valence-corrected chi connectivity index (χ4v) is 3.87. The van der Waals surface area contributed by atoms with Gasteiger partial charge in [0.2, 0.25) is 5.91 Å². The van der Waals surface area contributed by atoms with Crippen LogP contribution in [0.25, 0.3) is 0 Å². The van der Waals surface area contributed by atoms with Crippen LogP contribution in [0, 0.1) is 12.7 Å². The van der Waals surface area contributed by atoms with E-state index >= 15 is 0 Å². The molecule has 3 N–H and O–H groups in total. The molecule has 0 bridgehead atoms. The Morgan fingerprint density at radius 1 is 1.12 bits per heavy atom. The minimum atomic E-state index is -0.990. The van der Waals surface area contributed by atoms with Gasteiger partial charge in [0, 0.05) is 6.07 Å². The molecule has 0 fully saturated rings. The van der Waals surface area contributed by atoms with Crippen LogP contribution in [0.1, 0.15) is 55.6 Å². The number of aromatic nitrogens is 2. The zero-order chi connectivity index (χ0) is 23.5. The SMILES string of the molecule is Cc1cc(CC(=O)Nc2cc(C(=O)N[C@H]3CCc4cc(C(=O)O)ccc43)ncn2)ccc1F. The number of fused-ring (bicyclic) bond motifs is 1. The number of amides is 2. The van der Waals surface area contributed by atoms with Gasteiger partial charge in [0.1, 0.15) is 23.7 Å². The Balaban J connectivity index is 1.41. The van der Waals surface area contributed by atoms with Crippen molar-refractivity contribution in [2.75, 3.05) is 5.32 Å². The maximum atomic E-state index is 13.4. The van der Waals surface area contributed by atoms with Crippen molar-refractivity contribution in [1.29, 1.82) is 0 Å². The van der Waals surface area contributed by atoms with Gasteiger partial charge >= 0.3 is 5.97 Å². The van der Waals surface area contributed by atoms with Crippen LogP contribution in [0.3, 0.4) is 0 Å². The number of carboxylic acids is 1. The number of rotatable bonds is 6. The molecule has 1 aliphatic rings. The predicted molar refractivity (Wildman–Crippen MR) is 117 cm³/mol. The van der Waals surface area contributed by atoms with E-state index in [1.807, 2.05) is 0 Å². The van der Waals surface area contributed by atoms with E-state index in [2.05, 4.69) is 20.6 Å². The van der Waals surface area contributed by atoms with E-state index in [0.29, 0.717) is 24.0 Å². The number of benzene rings is 2. The van der Waals surface area contributed by atoms with Crippen molar-refractivity contribution in [2.24, 2.45) is 0 Å². The second-order valence-corrected chi connectivity index (χ2v) is 7.88. The second-order valence-electron chi connectivity index (χ2n) is 7.88. The summed E-state index contributed by atoms with van der Waals surface area (Å²) in [6.45, 7) is 1.62. The molecule has 2 aromatic carbocycles. The van der Waals surface area contributed by atoms with E-state index in [9.17, 15) is 18.8 Å². The lowest BCUT2D eigenvalue weighted by Gasteiger charge is -2.14. The number of hydrogen-bond donors (Lipinski definition) is 3. The van der Waals surface area contributed by atoms with E-state index < -0.39 is 11.9 Å². The smallest absolute Gasteiger partial charge is 0.335 e. The van der Waals surface area contributed by atoms with E-state index in [1.165, 1.54) is 24.5 Å². The van der Waals surface area contributed by atoms with E-state index in [0.717, 1.165) is 11.1 Å². The Bertz CT molecular complexity index is 1260. The van der Waals surface area contributed by atoms with Crippen molar-refractivity contribution in [1.82, 2.24) is 15.3 Å². The van der Waals surface area contributed by atoms with Gasteiger partial charge in [-0.05, 0) is 60.2 Å². The summed E-state index contributed by atoms with van der Waals surface area (Å²) in [5.41, 5.74) is 3.19. The Kier molecular flexibility index (Phi) is 6.12. The van der Waals surface area contributed by atoms with Gasteiger partial charge in [0.05, 0.1) is 18.0 Å². The van der Waals surface area contributed by atoms with Crippen LogP contribution >= 0.6 is 0 Å². The van der Waals surface area contributed by atoms with Crippen molar-refractivity contribution in [3.63, 3.8) is 0 Å². The number of nitrogens with zero attached hydrogens (tertiary/aromatic N) is 2. The third-order valence-corrected chi connectivity index (χ3v) is 5.53. The number of carbonyl (C=O) groups is 3. The molecule has 8 nitrogen and oxygen atoms in total. The molecular formula is C24H21FN4O4. The van der Waals surface area contributed by atoms with Gasteiger partial charge in [0.25, 0.3) is 5.91 Å². The van der Waals surface area contributed by atoms with Crippen molar-refractivity contribution >= 4 is 23.6 Å². The van der Waals surface area contributed by atoms with Gasteiger partial charge in [-0.15, -0.1) is 0 Å². The van der Waals surface area contributed by atoms with Gasteiger partial charge in [-0.2, -0.15) is 0 Å². The Hall–Kier alpha value is -4.14. The molecule has 1 aromatic heterocycles. The molecule has 0 saturated heterocycles. The molecule has 0 unspecified atom stereocenters. The van der Waals surface area contributed by atoms with Gasteiger partial charge in [-0.3, -0.25) is 9.59 Å². The molecule has 3 aromatic rings. The lowest BCUT2D eigenvalue weighted by Crippen LogP contribution is -2.28. The Morgan fingerprint density at radius 3 is 2.70 bits per heavy atom. The summed E-state index contributed by atoms with van der Waals surface area (Å²) in [5.74, 6) is -1.93.